The molecule has 18 nitrogen and oxygen atoms in total. The van der Waals surface area contributed by atoms with Crippen molar-refractivity contribution in [1.82, 2.24) is 36.4 Å². The third-order valence-electron chi connectivity index (χ3n) is 8.97. The van der Waals surface area contributed by atoms with Crippen LogP contribution in [0.5, 0.6) is 0 Å². The predicted octanol–water partition coefficient (Wildman–Crippen LogP) is -2.05. The van der Waals surface area contributed by atoms with Crippen molar-refractivity contribution in [1.29, 1.82) is 0 Å². The van der Waals surface area contributed by atoms with Crippen molar-refractivity contribution in [2.45, 2.75) is 135 Å². The zero-order chi connectivity index (χ0) is 39.4. The van der Waals surface area contributed by atoms with E-state index in [1.165, 1.54) is 30.6 Å². The van der Waals surface area contributed by atoms with Crippen LogP contribution >= 0.6 is 0 Å². The summed E-state index contributed by atoms with van der Waals surface area (Å²) in [5.74, 6) is -5.59. The first-order chi connectivity index (χ1) is 24.2. The Bertz CT molecular complexity index is 1320. The number of nitrogens with one attached hydrogen (secondary N) is 5. The lowest BCUT2D eigenvalue weighted by Gasteiger charge is -2.31. The molecular weight excluding hydrogens is 680 g/mol. The number of carbonyl (C=O) groups is 8. The van der Waals surface area contributed by atoms with Crippen molar-refractivity contribution >= 4 is 47.3 Å². The molecule has 294 valence electrons. The number of hydrogen-bond acceptors (Lipinski definition) is 10. The standard InChI is InChI=1S/C34H58N8O10/c1-17(2)14-22(38-28(45)19(5)35)33(50)42-13-9-11-25(42)30(47)37-20(6)32(49)41-12-8-10-24(41)29(46)36-16-26(44)40-27(21(7)43)31(48)39-23(34(51)52)15-18(3)4/h17-25,27,43H,8-16,35H2,1-7H3,(H,36,46)(H,37,47)(H,38,45)(H,39,48)(H,40,44)(H,51,52)/t19-,20-,21+,22+,23-,24-,25-,27-/m0/s1. The summed E-state index contributed by atoms with van der Waals surface area (Å²) in [5, 5.41) is 32.0. The molecule has 0 aliphatic carbocycles. The lowest BCUT2D eigenvalue weighted by Crippen LogP contribution is -2.58. The van der Waals surface area contributed by atoms with Crippen LogP contribution in [-0.4, -0.2) is 135 Å². The van der Waals surface area contributed by atoms with Crippen LogP contribution in [0.3, 0.4) is 0 Å². The van der Waals surface area contributed by atoms with Crippen molar-refractivity contribution in [2.75, 3.05) is 19.6 Å². The molecule has 0 spiro atoms. The predicted molar refractivity (Wildman–Crippen MR) is 188 cm³/mol. The highest BCUT2D eigenvalue weighted by molar-refractivity contribution is 5.97. The molecular formula is C34H58N8O10. The molecule has 2 saturated heterocycles. The van der Waals surface area contributed by atoms with E-state index < -0.39 is 102 Å². The van der Waals surface area contributed by atoms with Gasteiger partial charge in [-0.15, -0.1) is 0 Å². The van der Waals surface area contributed by atoms with E-state index in [1.54, 1.807) is 13.8 Å². The van der Waals surface area contributed by atoms with Crippen LogP contribution in [0.4, 0.5) is 0 Å². The zero-order valence-corrected chi connectivity index (χ0v) is 31.3. The van der Waals surface area contributed by atoms with Gasteiger partial charge in [0.2, 0.25) is 41.4 Å². The van der Waals surface area contributed by atoms with Gasteiger partial charge in [-0.25, -0.2) is 4.79 Å². The second-order valence-electron chi connectivity index (χ2n) is 14.6. The Morgan fingerprint density at radius 2 is 1.19 bits per heavy atom. The summed E-state index contributed by atoms with van der Waals surface area (Å²) in [4.78, 5) is 106. The van der Waals surface area contributed by atoms with Gasteiger partial charge >= 0.3 is 5.97 Å². The van der Waals surface area contributed by atoms with Gasteiger partial charge in [0.25, 0.3) is 0 Å². The van der Waals surface area contributed by atoms with Crippen LogP contribution in [0.15, 0.2) is 0 Å². The molecule has 0 bridgehead atoms. The van der Waals surface area contributed by atoms with Crippen molar-refractivity contribution < 1.29 is 48.6 Å². The Morgan fingerprint density at radius 1 is 0.692 bits per heavy atom. The molecule has 7 amide bonds. The summed E-state index contributed by atoms with van der Waals surface area (Å²) in [6, 6.07) is -7.28. The number of carboxylic acids is 1. The summed E-state index contributed by atoms with van der Waals surface area (Å²) in [5.41, 5.74) is 5.69. The van der Waals surface area contributed by atoms with E-state index in [4.69, 9.17) is 5.73 Å². The monoisotopic (exact) mass is 738 g/mol. The van der Waals surface area contributed by atoms with E-state index in [-0.39, 0.29) is 24.8 Å². The SMILES string of the molecule is CC(C)C[C@H](NC(=O)[C@@H](NC(=O)CNC(=O)[C@@H]1CCCN1C(=O)[C@H](C)NC(=O)[C@@H]1CCCN1C(=O)[C@@H](CC(C)C)NC(=O)[C@H](C)N)[C@@H](C)O)C(=O)O. The highest BCUT2D eigenvalue weighted by Crippen LogP contribution is 2.22. The topological polar surface area (TPSA) is 270 Å². The highest BCUT2D eigenvalue weighted by atomic mass is 16.4. The van der Waals surface area contributed by atoms with Gasteiger partial charge in [-0.1, -0.05) is 27.7 Å². The average molecular weight is 739 g/mol. The van der Waals surface area contributed by atoms with Gasteiger partial charge in [0.15, 0.2) is 0 Å². The lowest BCUT2D eigenvalue weighted by atomic mass is 10.0. The van der Waals surface area contributed by atoms with Crippen molar-refractivity contribution in [3.8, 4) is 0 Å². The average Bonchev–Trinajstić information content (AvgIpc) is 3.75. The number of likely N-dealkylation sites (tertiary alicyclic amines) is 2. The zero-order valence-electron chi connectivity index (χ0n) is 31.3. The van der Waals surface area contributed by atoms with Gasteiger partial charge < -0.3 is 52.3 Å². The highest BCUT2D eigenvalue weighted by Gasteiger charge is 2.41. The number of aliphatic hydroxyl groups is 1. The molecule has 0 aromatic carbocycles. The maximum atomic E-state index is 13.5. The Kier molecular flexibility index (Phi) is 16.9. The second-order valence-corrected chi connectivity index (χ2v) is 14.6. The van der Waals surface area contributed by atoms with Gasteiger partial charge in [0.1, 0.15) is 36.3 Å². The molecule has 52 heavy (non-hydrogen) atoms. The second kappa shape index (κ2) is 20.1. The van der Waals surface area contributed by atoms with Crippen LogP contribution in [0.1, 0.15) is 87.0 Å². The molecule has 2 fully saturated rings. The Morgan fingerprint density at radius 3 is 1.69 bits per heavy atom. The first kappa shape index (κ1) is 43.8. The molecule has 18 heteroatoms. The minimum Gasteiger partial charge on any atom is -0.480 e. The lowest BCUT2D eigenvalue weighted by molar-refractivity contribution is -0.144. The molecule has 0 aromatic heterocycles. The normalized spacial score (nSPS) is 20.7. The molecule has 2 aliphatic heterocycles. The molecule has 2 heterocycles. The number of nitrogens with zero attached hydrogens (tertiary/aromatic N) is 2. The number of rotatable bonds is 18. The van der Waals surface area contributed by atoms with Crippen molar-refractivity contribution in [3.05, 3.63) is 0 Å². The number of aliphatic carboxylic acids is 1. The van der Waals surface area contributed by atoms with Crippen molar-refractivity contribution in [2.24, 2.45) is 17.6 Å². The largest absolute Gasteiger partial charge is 0.480 e. The van der Waals surface area contributed by atoms with E-state index in [1.807, 2.05) is 13.8 Å². The van der Waals surface area contributed by atoms with Crippen LogP contribution < -0.4 is 32.3 Å². The van der Waals surface area contributed by atoms with E-state index in [0.717, 1.165) is 0 Å². The molecule has 0 saturated carbocycles. The third-order valence-corrected chi connectivity index (χ3v) is 8.97. The smallest absolute Gasteiger partial charge is 0.326 e. The third kappa shape index (κ3) is 12.7. The maximum Gasteiger partial charge on any atom is 0.326 e. The number of amides is 7. The fourth-order valence-corrected chi connectivity index (χ4v) is 6.29. The summed E-state index contributed by atoms with van der Waals surface area (Å²) in [6.07, 6.45) is 0.777. The number of hydrogen-bond donors (Lipinski definition) is 8. The summed E-state index contributed by atoms with van der Waals surface area (Å²) < 4.78 is 0. The van der Waals surface area contributed by atoms with Gasteiger partial charge in [0, 0.05) is 13.1 Å². The van der Waals surface area contributed by atoms with Crippen LogP contribution in [0.25, 0.3) is 0 Å². The van der Waals surface area contributed by atoms with Gasteiger partial charge in [-0.05, 0) is 71.1 Å². The van der Waals surface area contributed by atoms with Gasteiger partial charge in [-0.2, -0.15) is 0 Å². The Balaban J connectivity index is 2.00. The Labute approximate surface area is 304 Å². The number of carbonyl (C=O) groups excluding carboxylic acids is 7. The molecule has 8 atom stereocenters. The minimum atomic E-state index is -1.49. The number of aliphatic hydroxyl groups excluding tert-OH is 1. The summed E-state index contributed by atoms with van der Waals surface area (Å²) in [6.45, 7) is 11.5. The fourth-order valence-electron chi connectivity index (χ4n) is 6.29. The first-order valence-electron chi connectivity index (χ1n) is 18.0. The molecule has 0 radical (unpaired) electrons. The van der Waals surface area contributed by atoms with Crippen LogP contribution in [-0.2, 0) is 38.4 Å². The molecule has 2 aliphatic rings. The van der Waals surface area contributed by atoms with Crippen LogP contribution in [0, 0.1) is 11.8 Å². The number of carboxylic acid groups (broad SMARTS) is 1. The van der Waals surface area contributed by atoms with Crippen LogP contribution in [0.2, 0.25) is 0 Å². The van der Waals surface area contributed by atoms with Gasteiger partial charge in [0.05, 0.1) is 18.7 Å². The number of nitrogens with two attached hydrogens (primary N) is 1. The molecule has 0 aromatic rings. The van der Waals surface area contributed by atoms with Gasteiger partial charge in [-0.3, -0.25) is 33.6 Å². The first-order valence-corrected chi connectivity index (χ1v) is 18.0. The maximum absolute atomic E-state index is 13.5. The van der Waals surface area contributed by atoms with E-state index in [0.29, 0.717) is 38.6 Å². The summed E-state index contributed by atoms with van der Waals surface area (Å²) in [7, 11) is 0. The quantitative estimate of drug-likeness (QED) is 0.0758. The molecule has 2 rings (SSSR count). The summed E-state index contributed by atoms with van der Waals surface area (Å²) >= 11 is 0. The molecule has 0 unspecified atom stereocenters. The van der Waals surface area contributed by atoms with E-state index in [2.05, 4.69) is 26.6 Å². The molecule has 9 N–H and O–H groups in total. The fraction of sp³-hybridized carbons (Fsp3) is 0.765. The van der Waals surface area contributed by atoms with Crippen molar-refractivity contribution in [3.63, 3.8) is 0 Å². The minimum absolute atomic E-state index is 0.0546. The Hall–Kier alpha value is -4.32. The van der Waals surface area contributed by atoms with E-state index in [9.17, 15) is 48.6 Å². The van der Waals surface area contributed by atoms with E-state index >= 15 is 0 Å².